The van der Waals surface area contributed by atoms with Crippen molar-refractivity contribution in [2.24, 2.45) is 0 Å². The molecule has 4 heteroatoms. The van der Waals surface area contributed by atoms with E-state index in [1.54, 1.807) is 6.07 Å². The molecule has 0 aromatic carbocycles. The molecule has 1 unspecified atom stereocenters. The molecule has 1 saturated heterocycles. The highest BCUT2D eigenvalue weighted by Gasteiger charge is 2.24. The molecule has 1 aliphatic rings. The lowest BCUT2D eigenvalue weighted by molar-refractivity contribution is 0.353. The molecule has 2 aromatic rings. The van der Waals surface area contributed by atoms with Gasteiger partial charge in [0, 0.05) is 24.9 Å². The third kappa shape index (κ3) is 1.78. The number of likely N-dealkylation sites (tertiary alicyclic amines) is 1. The second kappa shape index (κ2) is 4.04. The number of aromatic nitrogens is 2. The molecule has 1 atom stereocenters. The molecule has 1 fully saturated rings. The standard InChI is InChI=1S/C13H17N3O/c1-2-15-7-5-10(8-15)11-9-16-6-3-4-12(17)13(16)14-11/h3-4,6,9-10,17H,2,5,7-8H2,1H3. The molecular weight excluding hydrogens is 214 g/mol. The molecule has 3 heterocycles. The normalized spacial score (nSPS) is 21.4. The first-order valence-electron chi connectivity index (χ1n) is 6.17. The molecule has 4 nitrogen and oxygen atoms in total. The summed E-state index contributed by atoms with van der Waals surface area (Å²) in [5.74, 6) is 0.762. The van der Waals surface area contributed by atoms with E-state index in [4.69, 9.17) is 0 Å². The summed E-state index contributed by atoms with van der Waals surface area (Å²) in [6, 6.07) is 3.51. The number of fused-ring (bicyclic) bond motifs is 1. The second-order valence-corrected chi connectivity index (χ2v) is 4.67. The quantitative estimate of drug-likeness (QED) is 0.857. The highest BCUT2D eigenvalue weighted by atomic mass is 16.3. The van der Waals surface area contributed by atoms with E-state index in [9.17, 15) is 5.11 Å². The van der Waals surface area contributed by atoms with Gasteiger partial charge in [-0.2, -0.15) is 0 Å². The van der Waals surface area contributed by atoms with Crippen molar-refractivity contribution < 1.29 is 5.11 Å². The van der Waals surface area contributed by atoms with Crippen LogP contribution in [0.3, 0.4) is 0 Å². The zero-order chi connectivity index (χ0) is 11.8. The Kier molecular flexibility index (Phi) is 2.52. The highest BCUT2D eigenvalue weighted by Crippen LogP contribution is 2.28. The summed E-state index contributed by atoms with van der Waals surface area (Å²) >= 11 is 0. The number of rotatable bonds is 2. The van der Waals surface area contributed by atoms with Crippen LogP contribution in [0.15, 0.2) is 24.5 Å². The Labute approximate surface area is 101 Å². The van der Waals surface area contributed by atoms with Gasteiger partial charge >= 0.3 is 0 Å². The van der Waals surface area contributed by atoms with Gasteiger partial charge in [-0.25, -0.2) is 4.98 Å². The van der Waals surface area contributed by atoms with Gasteiger partial charge in [-0.15, -0.1) is 0 Å². The average molecular weight is 231 g/mol. The van der Waals surface area contributed by atoms with Crippen molar-refractivity contribution in [1.82, 2.24) is 14.3 Å². The predicted molar refractivity (Wildman–Crippen MR) is 66.3 cm³/mol. The van der Waals surface area contributed by atoms with Crippen LogP contribution in [0.5, 0.6) is 5.75 Å². The van der Waals surface area contributed by atoms with Gasteiger partial charge in [-0.05, 0) is 31.6 Å². The zero-order valence-electron chi connectivity index (χ0n) is 10.0. The van der Waals surface area contributed by atoms with E-state index in [1.807, 2.05) is 22.9 Å². The molecule has 3 rings (SSSR count). The van der Waals surface area contributed by atoms with Crippen molar-refractivity contribution in [3.8, 4) is 5.75 Å². The molecule has 0 saturated carbocycles. The van der Waals surface area contributed by atoms with Crippen molar-refractivity contribution in [3.63, 3.8) is 0 Å². The number of pyridine rings is 1. The van der Waals surface area contributed by atoms with E-state index in [0.717, 1.165) is 25.3 Å². The Morgan fingerprint density at radius 1 is 1.53 bits per heavy atom. The smallest absolute Gasteiger partial charge is 0.179 e. The summed E-state index contributed by atoms with van der Waals surface area (Å²) in [5.41, 5.74) is 1.76. The van der Waals surface area contributed by atoms with E-state index in [0.29, 0.717) is 11.6 Å². The van der Waals surface area contributed by atoms with Crippen LogP contribution in [-0.2, 0) is 0 Å². The molecule has 0 bridgehead atoms. The summed E-state index contributed by atoms with van der Waals surface area (Å²) in [6.07, 6.45) is 5.13. The molecule has 0 aliphatic carbocycles. The van der Waals surface area contributed by atoms with Gasteiger partial charge in [-0.3, -0.25) is 0 Å². The van der Waals surface area contributed by atoms with E-state index in [1.165, 1.54) is 6.42 Å². The molecule has 2 aromatic heterocycles. The molecule has 1 N–H and O–H groups in total. The molecular formula is C13H17N3O. The van der Waals surface area contributed by atoms with E-state index >= 15 is 0 Å². The topological polar surface area (TPSA) is 40.8 Å². The summed E-state index contributed by atoms with van der Waals surface area (Å²) in [6.45, 7) is 5.54. The fourth-order valence-electron chi connectivity index (χ4n) is 2.58. The van der Waals surface area contributed by atoms with Crippen molar-refractivity contribution in [3.05, 3.63) is 30.2 Å². The molecule has 1 aliphatic heterocycles. The maximum Gasteiger partial charge on any atom is 0.179 e. The number of hydrogen-bond donors (Lipinski definition) is 1. The van der Waals surface area contributed by atoms with Crippen LogP contribution in [0.2, 0.25) is 0 Å². The molecule has 17 heavy (non-hydrogen) atoms. The largest absolute Gasteiger partial charge is 0.504 e. The Morgan fingerprint density at radius 2 is 2.41 bits per heavy atom. The van der Waals surface area contributed by atoms with Crippen LogP contribution in [0.1, 0.15) is 25.0 Å². The third-order valence-corrected chi connectivity index (χ3v) is 3.62. The third-order valence-electron chi connectivity index (χ3n) is 3.62. The molecule has 0 radical (unpaired) electrons. The first-order valence-corrected chi connectivity index (χ1v) is 6.17. The Hall–Kier alpha value is -1.55. The molecule has 90 valence electrons. The Morgan fingerprint density at radius 3 is 3.12 bits per heavy atom. The average Bonchev–Trinajstić information content (AvgIpc) is 2.95. The maximum atomic E-state index is 9.73. The predicted octanol–water partition coefficient (Wildman–Crippen LogP) is 1.85. The summed E-state index contributed by atoms with van der Waals surface area (Å²) in [7, 11) is 0. The van der Waals surface area contributed by atoms with Crippen molar-refractivity contribution in [1.29, 1.82) is 0 Å². The fourth-order valence-corrected chi connectivity index (χ4v) is 2.58. The summed E-state index contributed by atoms with van der Waals surface area (Å²) < 4.78 is 1.90. The van der Waals surface area contributed by atoms with Gasteiger partial charge < -0.3 is 14.4 Å². The van der Waals surface area contributed by atoms with Gasteiger partial charge in [0.15, 0.2) is 11.4 Å². The lowest BCUT2D eigenvalue weighted by Gasteiger charge is -2.11. The lowest BCUT2D eigenvalue weighted by Crippen LogP contribution is -2.19. The minimum absolute atomic E-state index is 0.254. The van der Waals surface area contributed by atoms with Crippen molar-refractivity contribution in [2.45, 2.75) is 19.3 Å². The monoisotopic (exact) mass is 231 g/mol. The van der Waals surface area contributed by atoms with Gasteiger partial charge in [0.05, 0.1) is 5.69 Å². The second-order valence-electron chi connectivity index (χ2n) is 4.67. The number of hydrogen-bond acceptors (Lipinski definition) is 3. The van der Waals surface area contributed by atoms with Gasteiger partial charge in [-0.1, -0.05) is 6.92 Å². The maximum absolute atomic E-state index is 9.73. The van der Waals surface area contributed by atoms with Crippen LogP contribution in [-0.4, -0.2) is 39.0 Å². The number of nitrogens with zero attached hydrogens (tertiary/aromatic N) is 3. The van der Waals surface area contributed by atoms with E-state index < -0.39 is 0 Å². The fraction of sp³-hybridized carbons (Fsp3) is 0.462. The first kappa shape index (κ1) is 10.6. The highest BCUT2D eigenvalue weighted by molar-refractivity contribution is 5.53. The summed E-state index contributed by atoms with van der Waals surface area (Å²) in [4.78, 5) is 6.99. The molecule has 0 spiro atoms. The van der Waals surface area contributed by atoms with E-state index in [2.05, 4.69) is 16.8 Å². The minimum atomic E-state index is 0.254. The minimum Gasteiger partial charge on any atom is -0.504 e. The van der Waals surface area contributed by atoms with Crippen molar-refractivity contribution >= 4 is 5.65 Å². The van der Waals surface area contributed by atoms with Gasteiger partial charge in [0.1, 0.15) is 0 Å². The molecule has 0 amide bonds. The zero-order valence-corrected chi connectivity index (χ0v) is 10.0. The SMILES string of the molecule is CCN1CCC(c2cn3cccc(O)c3n2)C1. The number of aromatic hydroxyl groups is 1. The van der Waals surface area contributed by atoms with Crippen molar-refractivity contribution in [2.75, 3.05) is 19.6 Å². The van der Waals surface area contributed by atoms with Crippen LogP contribution < -0.4 is 0 Å². The Bertz CT molecular complexity index is 534. The van der Waals surface area contributed by atoms with Crippen LogP contribution in [0.25, 0.3) is 5.65 Å². The number of likely N-dealkylation sites (N-methyl/N-ethyl adjacent to an activating group) is 1. The van der Waals surface area contributed by atoms with Crippen LogP contribution in [0, 0.1) is 0 Å². The number of imidazole rings is 1. The first-order chi connectivity index (χ1) is 8.28. The van der Waals surface area contributed by atoms with E-state index in [-0.39, 0.29) is 5.75 Å². The summed E-state index contributed by atoms with van der Waals surface area (Å²) in [5, 5.41) is 9.73. The lowest BCUT2D eigenvalue weighted by atomic mass is 10.1. The Balaban J connectivity index is 1.94. The van der Waals surface area contributed by atoms with Crippen LogP contribution >= 0.6 is 0 Å². The van der Waals surface area contributed by atoms with Crippen LogP contribution in [0.4, 0.5) is 0 Å². The van der Waals surface area contributed by atoms with Gasteiger partial charge in [0.2, 0.25) is 0 Å². The van der Waals surface area contributed by atoms with Gasteiger partial charge in [0.25, 0.3) is 0 Å².